The van der Waals surface area contributed by atoms with Crippen LogP contribution in [0.25, 0.3) is 0 Å². The zero-order valence-corrected chi connectivity index (χ0v) is 13.3. The number of halogens is 1. The molecule has 0 aliphatic heterocycles. The SMILES string of the molecule is COC(=O)c1ccccc1NC(=O)Nc1ccc(OC)c(Cl)c1. The van der Waals surface area contributed by atoms with Crippen LogP contribution in [0.3, 0.4) is 0 Å². The van der Waals surface area contributed by atoms with Gasteiger partial charge in [-0.15, -0.1) is 0 Å². The van der Waals surface area contributed by atoms with Crippen molar-refractivity contribution in [3.63, 3.8) is 0 Å². The van der Waals surface area contributed by atoms with E-state index in [1.165, 1.54) is 14.2 Å². The second-order valence-electron chi connectivity index (χ2n) is 4.47. The average molecular weight is 335 g/mol. The van der Waals surface area contributed by atoms with Gasteiger partial charge in [0.15, 0.2) is 0 Å². The Morgan fingerprint density at radius 2 is 1.78 bits per heavy atom. The minimum Gasteiger partial charge on any atom is -0.495 e. The lowest BCUT2D eigenvalue weighted by Crippen LogP contribution is -2.21. The third-order valence-electron chi connectivity index (χ3n) is 2.99. The van der Waals surface area contributed by atoms with Crippen molar-refractivity contribution >= 4 is 35.0 Å². The van der Waals surface area contributed by atoms with Crippen LogP contribution < -0.4 is 15.4 Å². The molecule has 2 N–H and O–H groups in total. The van der Waals surface area contributed by atoms with E-state index in [2.05, 4.69) is 15.4 Å². The van der Waals surface area contributed by atoms with Gasteiger partial charge < -0.3 is 20.1 Å². The van der Waals surface area contributed by atoms with E-state index in [4.69, 9.17) is 16.3 Å². The molecule has 120 valence electrons. The smallest absolute Gasteiger partial charge is 0.339 e. The summed E-state index contributed by atoms with van der Waals surface area (Å²) in [6.07, 6.45) is 0. The van der Waals surface area contributed by atoms with E-state index in [1.54, 1.807) is 42.5 Å². The average Bonchev–Trinajstić information content (AvgIpc) is 2.54. The summed E-state index contributed by atoms with van der Waals surface area (Å²) in [4.78, 5) is 23.7. The van der Waals surface area contributed by atoms with Crippen molar-refractivity contribution in [3.8, 4) is 5.75 Å². The Kier molecular flexibility index (Phi) is 5.43. The molecule has 0 atom stereocenters. The van der Waals surface area contributed by atoms with Crippen LogP contribution in [-0.4, -0.2) is 26.2 Å². The molecule has 0 aliphatic carbocycles. The highest BCUT2D eigenvalue weighted by atomic mass is 35.5. The Balaban J connectivity index is 2.11. The minimum absolute atomic E-state index is 0.262. The van der Waals surface area contributed by atoms with E-state index in [-0.39, 0.29) is 5.56 Å². The number of urea groups is 1. The van der Waals surface area contributed by atoms with Crippen molar-refractivity contribution < 1.29 is 19.1 Å². The van der Waals surface area contributed by atoms with E-state index in [9.17, 15) is 9.59 Å². The van der Waals surface area contributed by atoms with Crippen LogP contribution in [0.1, 0.15) is 10.4 Å². The molecule has 2 rings (SSSR count). The summed E-state index contributed by atoms with van der Waals surface area (Å²) in [6, 6.07) is 10.9. The lowest BCUT2D eigenvalue weighted by atomic mass is 10.2. The van der Waals surface area contributed by atoms with Crippen molar-refractivity contribution in [2.45, 2.75) is 0 Å². The second-order valence-corrected chi connectivity index (χ2v) is 4.87. The van der Waals surface area contributed by atoms with Gasteiger partial charge in [-0.2, -0.15) is 0 Å². The van der Waals surface area contributed by atoms with Crippen LogP contribution >= 0.6 is 11.6 Å². The van der Waals surface area contributed by atoms with Crippen LogP contribution in [0, 0.1) is 0 Å². The molecule has 2 aromatic carbocycles. The summed E-state index contributed by atoms with van der Waals surface area (Å²) >= 11 is 6.00. The predicted molar refractivity (Wildman–Crippen MR) is 88.4 cm³/mol. The molecule has 0 aromatic heterocycles. The molecule has 2 aromatic rings. The normalized spacial score (nSPS) is 9.87. The highest BCUT2D eigenvalue weighted by Gasteiger charge is 2.13. The van der Waals surface area contributed by atoms with E-state index in [1.807, 2.05) is 0 Å². The molecule has 0 bridgehead atoms. The number of hydrogen-bond acceptors (Lipinski definition) is 4. The summed E-state index contributed by atoms with van der Waals surface area (Å²) in [6.45, 7) is 0. The van der Waals surface area contributed by atoms with Gasteiger partial charge in [0, 0.05) is 5.69 Å². The molecular weight excluding hydrogens is 320 g/mol. The number of rotatable bonds is 4. The number of esters is 1. The third kappa shape index (κ3) is 4.14. The summed E-state index contributed by atoms with van der Waals surface area (Å²) in [5.74, 6) is -0.0259. The standard InChI is InChI=1S/C16H15ClN2O4/c1-22-14-8-7-10(9-12(14)17)18-16(21)19-13-6-4-3-5-11(13)15(20)23-2/h3-9H,1-2H3,(H2,18,19,21). The number of amides is 2. The maximum atomic E-state index is 12.1. The Labute approximate surface area is 138 Å². The maximum absolute atomic E-state index is 12.1. The first-order valence-electron chi connectivity index (χ1n) is 6.64. The van der Waals surface area contributed by atoms with Crippen molar-refractivity contribution in [1.29, 1.82) is 0 Å². The predicted octanol–water partition coefficient (Wildman–Crippen LogP) is 3.78. The van der Waals surface area contributed by atoms with Gasteiger partial charge in [-0.3, -0.25) is 0 Å². The fourth-order valence-electron chi connectivity index (χ4n) is 1.91. The number of nitrogens with one attached hydrogen (secondary N) is 2. The Bertz CT molecular complexity index is 734. The molecule has 0 fully saturated rings. The second kappa shape index (κ2) is 7.51. The highest BCUT2D eigenvalue weighted by Crippen LogP contribution is 2.27. The van der Waals surface area contributed by atoms with Crippen molar-refractivity contribution in [1.82, 2.24) is 0 Å². The third-order valence-corrected chi connectivity index (χ3v) is 3.29. The highest BCUT2D eigenvalue weighted by molar-refractivity contribution is 6.32. The first-order chi connectivity index (χ1) is 11.0. The van der Waals surface area contributed by atoms with Crippen LogP contribution in [0.2, 0.25) is 5.02 Å². The molecule has 7 heteroatoms. The monoisotopic (exact) mass is 334 g/mol. The molecular formula is C16H15ClN2O4. The molecule has 0 aliphatic rings. The zero-order valence-electron chi connectivity index (χ0n) is 12.6. The molecule has 0 heterocycles. The molecule has 0 radical (unpaired) electrons. The van der Waals surface area contributed by atoms with Crippen LogP contribution in [0.4, 0.5) is 16.2 Å². The summed E-state index contributed by atoms with van der Waals surface area (Å²) in [7, 11) is 2.78. The van der Waals surface area contributed by atoms with E-state index >= 15 is 0 Å². The molecule has 6 nitrogen and oxygen atoms in total. The maximum Gasteiger partial charge on any atom is 0.339 e. The molecule has 0 unspecified atom stereocenters. The molecule has 0 saturated carbocycles. The molecule has 0 saturated heterocycles. The number of methoxy groups -OCH3 is 2. The molecule has 2 amide bonds. The summed E-state index contributed by atoms with van der Waals surface area (Å²) < 4.78 is 9.72. The van der Waals surface area contributed by atoms with Gasteiger partial charge in [0.2, 0.25) is 0 Å². The largest absolute Gasteiger partial charge is 0.495 e. The zero-order chi connectivity index (χ0) is 16.8. The van der Waals surface area contributed by atoms with Gasteiger partial charge in [-0.25, -0.2) is 9.59 Å². The Morgan fingerprint density at radius 1 is 1.04 bits per heavy atom. The quantitative estimate of drug-likeness (QED) is 0.834. The van der Waals surface area contributed by atoms with Crippen molar-refractivity contribution in [2.24, 2.45) is 0 Å². The number of carbonyl (C=O) groups excluding carboxylic acids is 2. The van der Waals surface area contributed by atoms with E-state index < -0.39 is 12.0 Å². The van der Waals surface area contributed by atoms with Crippen LogP contribution in [-0.2, 0) is 4.74 Å². The van der Waals surface area contributed by atoms with Crippen LogP contribution in [0.15, 0.2) is 42.5 Å². The fourth-order valence-corrected chi connectivity index (χ4v) is 2.17. The first kappa shape index (κ1) is 16.6. The van der Waals surface area contributed by atoms with Gasteiger partial charge in [-0.05, 0) is 30.3 Å². The van der Waals surface area contributed by atoms with E-state index in [0.29, 0.717) is 22.1 Å². The van der Waals surface area contributed by atoms with Crippen molar-refractivity contribution in [2.75, 3.05) is 24.9 Å². The number of carbonyl (C=O) groups is 2. The van der Waals surface area contributed by atoms with Gasteiger partial charge in [0.25, 0.3) is 0 Å². The Hall–Kier alpha value is -2.73. The van der Waals surface area contributed by atoms with Crippen LogP contribution in [0.5, 0.6) is 5.75 Å². The van der Waals surface area contributed by atoms with Crippen molar-refractivity contribution in [3.05, 3.63) is 53.1 Å². The number of ether oxygens (including phenoxy) is 2. The fraction of sp³-hybridized carbons (Fsp3) is 0.125. The lowest BCUT2D eigenvalue weighted by Gasteiger charge is -2.11. The number of para-hydroxylation sites is 1. The Morgan fingerprint density at radius 3 is 2.43 bits per heavy atom. The molecule has 0 spiro atoms. The van der Waals surface area contributed by atoms with E-state index in [0.717, 1.165) is 0 Å². The van der Waals surface area contributed by atoms with Gasteiger partial charge in [0.1, 0.15) is 5.75 Å². The summed E-state index contributed by atoms with van der Waals surface area (Å²) in [5, 5.41) is 5.60. The summed E-state index contributed by atoms with van der Waals surface area (Å²) in [5.41, 5.74) is 1.10. The lowest BCUT2D eigenvalue weighted by molar-refractivity contribution is 0.0602. The minimum atomic E-state index is -0.534. The van der Waals surface area contributed by atoms with Gasteiger partial charge in [-0.1, -0.05) is 23.7 Å². The number of hydrogen-bond donors (Lipinski definition) is 2. The van der Waals surface area contributed by atoms with Gasteiger partial charge in [0.05, 0.1) is 30.5 Å². The van der Waals surface area contributed by atoms with Gasteiger partial charge >= 0.3 is 12.0 Å². The number of anilines is 2. The number of benzene rings is 2. The first-order valence-corrected chi connectivity index (χ1v) is 7.02. The molecule has 23 heavy (non-hydrogen) atoms. The topological polar surface area (TPSA) is 76.7 Å².